The van der Waals surface area contributed by atoms with E-state index >= 15 is 0 Å². The summed E-state index contributed by atoms with van der Waals surface area (Å²) >= 11 is 2.16. The van der Waals surface area contributed by atoms with Crippen molar-refractivity contribution in [2.75, 3.05) is 12.8 Å². The van der Waals surface area contributed by atoms with Crippen LogP contribution in [0.25, 0.3) is 0 Å². The average molecular weight is 518 g/mol. The van der Waals surface area contributed by atoms with E-state index in [-0.39, 0.29) is 34.3 Å². The Bertz CT molecular complexity index is 1230. The summed E-state index contributed by atoms with van der Waals surface area (Å²) in [4.78, 5) is 41.3. The second kappa shape index (κ2) is 10.3. The standard InChI is InChI=1S/C23H27N5O5S2/c1-23(2,3)26-21(31)18(12-7-8-14(29)15(10-12)33-4)28(11-13-6-5-9-34-13)22(32)19-16(24)17(20(25)30)27-35-19/h5-10,18,29H,11,24H2,1-4H3,(H2,25,30)(H,26,31)/t18-/m0/s1. The van der Waals surface area contributed by atoms with Gasteiger partial charge in [0.2, 0.25) is 5.91 Å². The molecule has 2 aromatic heterocycles. The first kappa shape index (κ1) is 26.0. The lowest BCUT2D eigenvalue weighted by Gasteiger charge is -2.33. The number of hydrogen-bond acceptors (Lipinski definition) is 9. The summed E-state index contributed by atoms with van der Waals surface area (Å²) in [5.41, 5.74) is 10.8. The molecule has 1 aromatic carbocycles. The highest BCUT2D eigenvalue weighted by Crippen LogP contribution is 2.35. The molecule has 186 valence electrons. The minimum atomic E-state index is -1.13. The maximum atomic E-state index is 13.8. The predicted molar refractivity (Wildman–Crippen MR) is 135 cm³/mol. The first-order valence-corrected chi connectivity index (χ1v) is 12.2. The van der Waals surface area contributed by atoms with Crippen molar-refractivity contribution < 1.29 is 24.2 Å². The third-order valence-corrected chi connectivity index (χ3v) is 6.61. The van der Waals surface area contributed by atoms with Crippen LogP contribution in [0.15, 0.2) is 35.7 Å². The number of phenols is 1. The summed E-state index contributed by atoms with van der Waals surface area (Å²) in [6.07, 6.45) is 0. The maximum Gasteiger partial charge on any atom is 0.270 e. The van der Waals surface area contributed by atoms with E-state index in [0.717, 1.165) is 16.4 Å². The summed E-state index contributed by atoms with van der Waals surface area (Å²) in [6.45, 7) is 5.55. The molecular weight excluding hydrogens is 490 g/mol. The van der Waals surface area contributed by atoms with Gasteiger partial charge in [0.1, 0.15) is 10.9 Å². The summed E-state index contributed by atoms with van der Waals surface area (Å²) in [5.74, 6) is -1.86. The Morgan fingerprint density at radius 1 is 1.26 bits per heavy atom. The SMILES string of the molecule is COc1cc([C@@H](C(=O)NC(C)(C)C)N(Cc2cccs2)C(=O)c2snc(C(N)=O)c2N)ccc1O. The molecule has 3 amide bonds. The van der Waals surface area contributed by atoms with Gasteiger partial charge in [-0.1, -0.05) is 12.1 Å². The fourth-order valence-corrected chi connectivity index (χ4v) is 4.85. The molecule has 0 spiro atoms. The third-order valence-electron chi connectivity index (χ3n) is 4.90. The molecule has 0 bridgehead atoms. The number of rotatable bonds is 8. The first-order chi connectivity index (χ1) is 16.4. The molecule has 6 N–H and O–H groups in total. The van der Waals surface area contributed by atoms with Crippen molar-refractivity contribution in [3.8, 4) is 11.5 Å². The summed E-state index contributed by atoms with van der Waals surface area (Å²) in [5, 5.41) is 14.9. The first-order valence-electron chi connectivity index (χ1n) is 10.5. The van der Waals surface area contributed by atoms with Crippen molar-refractivity contribution >= 4 is 46.3 Å². The van der Waals surface area contributed by atoms with E-state index in [1.807, 2.05) is 38.3 Å². The van der Waals surface area contributed by atoms with Gasteiger partial charge in [-0.3, -0.25) is 14.4 Å². The molecule has 0 aliphatic heterocycles. The van der Waals surface area contributed by atoms with E-state index in [0.29, 0.717) is 5.56 Å². The molecule has 3 aromatic rings. The molecule has 0 saturated carbocycles. The number of aromatic hydroxyl groups is 1. The van der Waals surface area contributed by atoms with Gasteiger partial charge in [-0.05, 0) is 61.4 Å². The lowest BCUT2D eigenvalue weighted by Crippen LogP contribution is -2.49. The lowest BCUT2D eigenvalue weighted by atomic mass is 10.0. The quantitative estimate of drug-likeness (QED) is 0.357. The molecular formula is C23H27N5O5S2. The Morgan fingerprint density at radius 2 is 1.97 bits per heavy atom. The van der Waals surface area contributed by atoms with Crippen molar-refractivity contribution in [1.29, 1.82) is 0 Å². The predicted octanol–water partition coefficient (Wildman–Crippen LogP) is 2.90. The van der Waals surface area contributed by atoms with E-state index in [2.05, 4.69) is 9.69 Å². The summed E-state index contributed by atoms with van der Waals surface area (Å²) in [7, 11) is 1.39. The Hall–Kier alpha value is -3.64. The van der Waals surface area contributed by atoms with Gasteiger partial charge >= 0.3 is 0 Å². The highest BCUT2D eigenvalue weighted by atomic mass is 32.1. The number of nitrogens with zero attached hydrogens (tertiary/aromatic N) is 2. The molecule has 35 heavy (non-hydrogen) atoms. The number of ether oxygens (including phenoxy) is 1. The van der Waals surface area contributed by atoms with Gasteiger partial charge in [0.25, 0.3) is 11.8 Å². The molecule has 0 radical (unpaired) electrons. The third kappa shape index (κ3) is 5.89. The van der Waals surface area contributed by atoms with Crippen molar-refractivity contribution in [1.82, 2.24) is 14.6 Å². The molecule has 2 heterocycles. The second-order valence-electron chi connectivity index (χ2n) is 8.72. The normalized spacial score (nSPS) is 12.1. The van der Waals surface area contributed by atoms with Crippen LogP contribution in [0.3, 0.4) is 0 Å². The number of phenolic OH excluding ortho intramolecular Hbond substituents is 1. The van der Waals surface area contributed by atoms with Crippen LogP contribution >= 0.6 is 22.9 Å². The van der Waals surface area contributed by atoms with Crippen molar-refractivity contribution in [2.45, 2.75) is 38.9 Å². The fourth-order valence-electron chi connectivity index (χ4n) is 3.39. The number of carbonyl (C=O) groups is 3. The molecule has 10 nitrogen and oxygen atoms in total. The van der Waals surface area contributed by atoms with Crippen molar-refractivity contribution in [3.05, 3.63) is 56.7 Å². The summed E-state index contributed by atoms with van der Waals surface area (Å²) < 4.78 is 9.17. The number of benzene rings is 1. The van der Waals surface area contributed by atoms with Crippen LogP contribution in [0.2, 0.25) is 0 Å². The number of nitrogens with two attached hydrogens (primary N) is 2. The highest BCUT2D eigenvalue weighted by Gasteiger charge is 2.36. The Labute approximate surface area is 210 Å². The number of primary amides is 1. The minimum Gasteiger partial charge on any atom is -0.504 e. The number of nitrogens with one attached hydrogen (secondary N) is 1. The molecule has 0 unspecified atom stereocenters. The van der Waals surface area contributed by atoms with Crippen molar-refractivity contribution in [3.63, 3.8) is 0 Å². The van der Waals surface area contributed by atoms with E-state index in [4.69, 9.17) is 16.2 Å². The zero-order valence-corrected chi connectivity index (χ0v) is 21.3. The molecule has 3 rings (SSSR count). The van der Waals surface area contributed by atoms with Crippen LogP contribution in [0.5, 0.6) is 11.5 Å². The van der Waals surface area contributed by atoms with E-state index in [1.165, 1.54) is 35.5 Å². The number of hydrogen-bond donors (Lipinski definition) is 4. The van der Waals surface area contributed by atoms with Gasteiger partial charge in [0.05, 0.1) is 19.3 Å². The molecule has 0 aliphatic carbocycles. The van der Waals surface area contributed by atoms with Gasteiger partial charge < -0.3 is 31.5 Å². The number of anilines is 1. The van der Waals surface area contributed by atoms with Gasteiger partial charge in [0, 0.05) is 10.4 Å². The number of amides is 3. The lowest BCUT2D eigenvalue weighted by molar-refractivity contribution is -0.127. The van der Waals surface area contributed by atoms with Crippen molar-refractivity contribution in [2.24, 2.45) is 5.73 Å². The fraction of sp³-hybridized carbons (Fsp3) is 0.304. The molecule has 1 atom stereocenters. The topological polar surface area (TPSA) is 161 Å². The van der Waals surface area contributed by atoms with Crippen LogP contribution in [0, 0.1) is 0 Å². The maximum absolute atomic E-state index is 13.8. The molecule has 0 fully saturated rings. The number of aromatic nitrogens is 1. The van der Waals surface area contributed by atoms with Crippen LogP contribution < -0.4 is 21.5 Å². The van der Waals surface area contributed by atoms with Crippen LogP contribution in [0.4, 0.5) is 5.69 Å². The molecule has 0 aliphatic rings. The second-order valence-corrected chi connectivity index (χ2v) is 10.5. The number of nitrogen functional groups attached to an aromatic ring is 1. The van der Waals surface area contributed by atoms with E-state index < -0.39 is 29.3 Å². The minimum absolute atomic E-state index is 0.00495. The van der Waals surface area contributed by atoms with Crippen LogP contribution in [0.1, 0.15) is 57.4 Å². The Kier molecular flexibility index (Phi) is 7.66. The van der Waals surface area contributed by atoms with Crippen LogP contribution in [-0.2, 0) is 11.3 Å². The molecule has 12 heteroatoms. The monoisotopic (exact) mass is 517 g/mol. The highest BCUT2D eigenvalue weighted by molar-refractivity contribution is 7.10. The summed E-state index contributed by atoms with van der Waals surface area (Å²) in [6, 6.07) is 6.99. The number of methoxy groups -OCH3 is 1. The number of thiophene rings is 1. The van der Waals surface area contributed by atoms with Crippen LogP contribution in [-0.4, -0.2) is 44.8 Å². The largest absolute Gasteiger partial charge is 0.504 e. The van der Waals surface area contributed by atoms with Gasteiger partial charge in [-0.15, -0.1) is 11.3 Å². The smallest absolute Gasteiger partial charge is 0.270 e. The van der Waals surface area contributed by atoms with E-state index in [1.54, 1.807) is 6.07 Å². The van der Waals surface area contributed by atoms with Gasteiger partial charge in [-0.25, -0.2) is 0 Å². The molecule has 0 saturated heterocycles. The van der Waals surface area contributed by atoms with Gasteiger partial charge in [-0.2, -0.15) is 4.37 Å². The Balaban J connectivity index is 2.18. The van der Waals surface area contributed by atoms with Gasteiger partial charge in [0.15, 0.2) is 17.2 Å². The zero-order valence-electron chi connectivity index (χ0n) is 19.7. The van der Waals surface area contributed by atoms with E-state index in [9.17, 15) is 19.5 Å². The Morgan fingerprint density at radius 3 is 2.51 bits per heavy atom. The zero-order chi connectivity index (χ0) is 25.9. The average Bonchev–Trinajstić information content (AvgIpc) is 3.42. The number of carbonyl (C=O) groups excluding carboxylic acids is 3.